The van der Waals surface area contributed by atoms with Gasteiger partial charge in [-0.3, -0.25) is 4.79 Å². The molecule has 0 radical (unpaired) electrons. The van der Waals surface area contributed by atoms with Gasteiger partial charge >= 0.3 is 0 Å². The number of hydrogen-bond acceptors (Lipinski definition) is 4. The first kappa shape index (κ1) is 17.4. The van der Waals surface area contributed by atoms with Crippen LogP contribution in [0.25, 0.3) is 0 Å². The van der Waals surface area contributed by atoms with Gasteiger partial charge in [0.25, 0.3) is 5.91 Å². The van der Waals surface area contributed by atoms with Crippen LogP contribution in [0.2, 0.25) is 0 Å². The summed E-state index contributed by atoms with van der Waals surface area (Å²) in [5, 5.41) is 5.98. The van der Waals surface area contributed by atoms with E-state index >= 15 is 0 Å². The Morgan fingerprint density at radius 3 is 2.67 bits per heavy atom. The van der Waals surface area contributed by atoms with Gasteiger partial charge in [-0.2, -0.15) is 0 Å². The maximum absolute atomic E-state index is 12.2. The third kappa shape index (κ3) is 5.71. The van der Waals surface area contributed by atoms with Crippen LogP contribution in [0.1, 0.15) is 43.2 Å². The minimum absolute atomic E-state index is 0.0385. The first-order valence-corrected chi connectivity index (χ1v) is 7.65. The van der Waals surface area contributed by atoms with Crippen LogP contribution in [-0.4, -0.2) is 49.0 Å². The molecule has 0 saturated heterocycles. The van der Waals surface area contributed by atoms with Crippen molar-refractivity contribution in [2.75, 3.05) is 32.5 Å². The van der Waals surface area contributed by atoms with Crippen molar-refractivity contribution in [2.24, 2.45) is 0 Å². The molecule has 0 aliphatic carbocycles. The lowest BCUT2D eigenvalue weighted by Gasteiger charge is -2.20. The normalized spacial score (nSPS) is 11.0. The van der Waals surface area contributed by atoms with E-state index in [-0.39, 0.29) is 5.91 Å². The summed E-state index contributed by atoms with van der Waals surface area (Å²) in [6, 6.07) is 4.15. The summed E-state index contributed by atoms with van der Waals surface area (Å²) >= 11 is 0. The highest BCUT2D eigenvalue weighted by Gasteiger charge is 2.10. The molecule has 2 N–H and O–H groups in total. The molecular formula is C16H28N4O. The van der Waals surface area contributed by atoms with Crippen LogP contribution in [0.15, 0.2) is 12.1 Å². The van der Waals surface area contributed by atoms with E-state index in [9.17, 15) is 4.79 Å². The van der Waals surface area contributed by atoms with Gasteiger partial charge < -0.3 is 15.5 Å². The zero-order valence-electron chi connectivity index (χ0n) is 13.9. The molecule has 0 atom stereocenters. The maximum atomic E-state index is 12.2. The molecule has 1 heterocycles. The standard InChI is InChI=1S/C16H28N4O/c1-6-7-14-10-13(11-15(17-4)19-14)16(21)18-8-9-20(5)12(2)3/h10-12H,6-9H2,1-5H3,(H,17,19)(H,18,21). The fraction of sp³-hybridized carbons (Fsp3) is 0.625. The number of carbonyl (C=O) groups excluding carboxylic acids is 1. The number of rotatable bonds is 8. The van der Waals surface area contributed by atoms with E-state index in [0.29, 0.717) is 18.2 Å². The molecular weight excluding hydrogens is 264 g/mol. The number of amides is 1. The summed E-state index contributed by atoms with van der Waals surface area (Å²) in [5.74, 6) is 0.703. The SMILES string of the molecule is CCCc1cc(C(=O)NCCN(C)C(C)C)cc(NC)n1. The van der Waals surface area contributed by atoms with Gasteiger partial charge in [-0.25, -0.2) is 4.98 Å². The molecule has 1 amide bonds. The van der Waals surface area contributed by atoms with Crippen LogP contribution in [0.4, 0.5) is 5.82 Å². The third-order valence-electron chi connectivity index (χ3n) is 3.53. The molecule has 0 unspecified atom stereocenters. The van der Waals surface area contributed by atoms with E-state index in [1.54, 1.807) is 6.07 Å². The second kappa shape index (κ2) is 8.62. The number of nitrogens with zero attached hydrogens (tertiary/aromatic N) is 2. The predicted molar refractivity (Wildman–Crippen MR) is 87.9 cm³/mol. The van der Waals surface area contributed by atoms with Crippen molar-refractivity contribution in [1.29, 1.82) is 0 Å². The molecule has 0 aliphatic heterocycles. The van der Waals surface area contributed by atoms with Gasteiger partial charge in [-0.05, 0) is 39.4 Å². The summed E-state index contributed by atoms with van der Waals surface area (Å²) < 4.78 is 0. The summed E-state index contributed by atoms with van der Waals surface area (Å²) in [5.41, 5.74) is 1.62. The Morgan fingerprint density at radius 1 is 1.38 bits per heavy atom. The lowest BCUT2D eigenvalue weighted by Crippen LogP contribution is -2.36. The molecule has 5 nitrogen and oxygen atoms in total. The number of nitrogens with one attached hydrogen (secondary N) is 2. The molecule has 21 heavy (non-hydrogen) atoms. The summed E-state index contributed by atoms with van der Waals surface area (Å²) in [6.07, 6.45) is 1.90. The van der Waals surface area contributed by atoms with Crippen molar-refractivity contribution >= 4 is 11.7 Å². The van der Waals surface area contributed by atoms with Crippen molar-refractivity contribution < 1.29 is 4.79 Å². The minimum atomic E-state index is -0.0385. The maximum Gasteiger partial charge on any atom is 0.251 e. The Balaban J connectivity index is 2.66. The van der Waals surface area contributed by atoms with Gasteiger partial charge in [0.15, 0.2) is 0 Å². The van der Waals surface area contributed by atoms with Gasteiger partial charge in [-0.15, -0.1) is 0 Å². The van der Waals surface area contributed by atoms with Crippen LogP contribution in [0, 0.1) is 0 Å². The number of pyridine rings is 1. The van der Waals surface area contributed by atoms with E-state index in [0.717, 1.165) is 30.9 Å². The second-order valence-electron chi connectivity index (χ2n) is 5.56. The molecule has 1 aromatic rings. The fourth-order valence-corrected chi connectivity index (χ4v) is 1.94. The monoisotopic (exact) mass is 292 g/mol. The van der Waals surface area contributed by atoms with Gasteiger partial charge in [0.05, 0.1) is 0 Å². The molecule has 0 aliphatic rings. The zero-order chi connectivity index (χ0) is 15.8. The van der Waals surface area contributed by atoms with Crippen molar-refractivity contribution in [3.63, 3.8) is 0 Å². The van der Waals surface area contributed by atoms with Crippen LogP contribution in [0.3, 0.4) is 0 Å². The highest BCUT2D eigenvalue weighted by Crippen LogP contribution is 2.11. The highest BCUT2D eigenvalue weighted by molar-refractivity contribution is 5.95. The van der Waals surface area contributed by atoms with E-state index < -0.39 is 0 Å². The first-order chi connectivity index (χ1) is 9.97. The fourth-order valence-electron chi connectivity index (χ4n) is 1.94. The van der Waals surface area contributed by atoms with E-state index in [4.69, 9.17) is 0 Å². The van der Waals surface area contributed by atoms with Crippen molar-refractivity contribution in [3.05, 3.63) is 23.4 Å². The smallest absolute Gasteiger partial charge is 0.251 e. The van der Waals surface area contributed by atoms with Crippen molar-refractivity contribution in [3.8, 4) is 0 Å². The largest absolute Gasteiger partial charge is 0.373 e. The number of aromatic nitrogens is 1. The molecule has 0 bridgehead atoms. The number of anilines is 1. The average Bonchev–Trinajstić information content (AvgIpc) is 2.46. The van der Waals surface area contributed by atoms with E-state index in [1.807, 2.05) is 13.1 Å². The summed E-state index contributed by atoms with van der Waals surface area (Å²) in [6.45, 7) is 7.88. The Kier molecular flexibility index (Phi) is 7.15. The first-order valence-electron chi connectivity index (χ1n) is 7.65. The molecule has 0 saturated carbocycles. The number of likely N-dealkylation sites (N-methyl/N-ethyl adjacent to an activating group) is 1. The number of aryl methyl sites for hydroxylation is 1. The lowest BCUT2D eigenvalue weighted by atomic mass is 10.1. The quantitative estimate of drug-likeness (QED) is 0.771. The Bertz CT molecular complexity index is 460. The van der Waals surface area contributed by atoms with Gasteiger partial charge in [0, 0.05) is 37.4 Å². The zero-order valence-corrected chi connectivity index (χ0v) is 13.9. The predicted octanol–water partition coefficient (Wildman–Crippen LogP) is 2.15. The minimum Gasteiger partial charge on any atom is -0.373 e. The average molecular weight is 292 g/mol. The van der Waals surface area contributed by atoms with Crippen LogP contribution >= 0.6 is 0 Å². The molecule has 0 fully saturated rings. The Hall–Kier alpha value is -1.62. The number of hydrogen-bond donors (Lipinski definition) is 2. The second-order valence-corrected chi connectivity index (χ2v) is 5.56. The molecule has 1 rings (SSSR count). The molecule has 0 aromatic carbocycles. The van der Waals surface area contributed by atoms with Crippen LogP contribution in [0.5, 0.6) is 0 Å². The van der Waals surface area contributed by atoms with Gasteiger partial charge in [0.1, 0.15) is 5.82 Å². The van der Waals surface area contributed by atoms with Crippen LogP contribution < -0.4 is 10.6 Å². The molecule has 1 aromatic heterocycles. The molecule has 118 valence electrons. The molecule has 5 heteroatoms. The van der Waals surface area contributed by atoms with E-state index in [2.05, 4.69) is 48.3 Å². The summed E-state index contributed by atoms with van der Waals surface area (Å²) in [4.78, 5) is 18.9. The van der Waals surface area contributed by atoms with Crippen molar-refractivity contribution in [2.45, 2.75) is 39.7 Å². The van der Waals surface area contributed by atoms with Gasteiger partial charge in [-0.1, -0.05) is 13.3 Å². The third-order valence-corrected chi connectivity index (χ3v) is 3.53. The van der Waals surface area contributed by atoms with Gasteiger partial charge in [0.2, 0.25) is 0 Å². The Labute approximate surface area is 128 Å². The van der Waals surface area contributed by atoms with Crippen molar-refractivity contribution in [1.82, 2.24) is 15.2 Å². The summed E-state index contributed by atoms with van der Waals surface area (Å²) in [7, 11) is 3.87. The lowest BCUT2D eigenvalue weighted by molar-refractivity contribution is 0.0948. The number of carbonyl (C=O) groups is 1. The topological polar surface area (TPSA) is 57.3 Å². The van der Waals surface area contributed by atoms with Crippen LogP contribution in [-0.2, 0) is 6.42 Å². The Morgan fingerprint density at radius 2 is 2.10 bits per heavy atom. The highest BCUT2D eigenvalue weighted by atomic mass is 16.1. The van der Waals surface area contributed by atoms with E-state index in [1.165, 1.54) is 0 Å². The molecule has 0 spiro atoms.